The number of hydrogen-bond acceptors (Lipinski definition) is 4. The summed E-state index contributed by atoms with van der Waals surface area (Å²) >= 11 is 5.91. The van der Waals surface area contributed by atoms with Gasteiger partial charge in [-0.15, -0.1) is 0 Å². The van der Waals surface area contributed by atoms with E-state index in [4.69, 9.17) is 21.4 Å². The summed E-state index contributed by atoms with van der Waals surface area (Å²) in [7, 11) is -1.23. The predicted molar refractivity (Wildman–Crippen MR) is 76.4 cm³/mol. The lowest BCUT2D eigenvalue weighted by atomic mass is 9.76. The highest BCUT2D eigenvalue weighted by Gasteiger charge is 2.39. The largest absolute Gasteiger partial charge is 0.491 e. The van der Waals surface area contributed by atoms with Crippen LogP contribution in [0.3, 0.4) is 0 Å². The van der Waals surface area contributed by atoms with E-state index in [1.165, 1.54) is 0 Å². The molecule has 0 saturated carbocycles. The van der Waals surface area contributed by atoms with Gasteiger partial charge < -0.3 is 19.9 Å². The average molecular weight is 287 g/mol. The van der Waals surface area contributed by atoms with Crippen molar-refractivity contribution in [3.05, 3.63) is 28.8 Å². The maximum atomic E-state index is 10.1. The van der Waals surface area contributed by atoms with Crippen molar-refractivity contribution in [3.8, 4) is 0 Å². The molecule has 1 aromatic rings. The summed E-state index contributed by atoms with van der Waals surface area (Å²) in [4.78, 5) is 0. The predicted octanol–water partition coefficient (Wildman–Crippen LogP) is 1.09. The lowest BCUT2D eigenvalue weighted by molar-refractivity contribution is -0.0982. The number of aliphatic hydroxyl groups is 2. The van der Waals surface area contributed by atoms with Gasteiger partial charge in [0.05, 0.1) is 17.8 Å². The van der Waals surface area contributed by atoms with E-state index in [0.29, 0.717) is 16.0 Å². The van der Waals surface area contributed by atoms with Gasteiger partial charge in [0.25, 0.3) is 0 Å². The minimum Gasteiger partial charge on any atom is -0.423 e. The number of hydrogen-bond donors (Lipinski definition) is 3. The summed E-state index contributed by atoms with van der Waals surface area (Å²) in [5.74, 6) is 0. The zero-order valence-electron chi connectivity index (χ0n) is 11.6. The van der Waals surface area contributed by atoms with Crippen LogP contribution in [0.5, 0.6) is 0 Å². The Kier molecular flexibility index (Phi) is 5.04. The van der Waals surface area contributed by atoms with Crippen molar-refractivity contribution in [2.75, 3.05) is 0 Å². The van der Waals surface area contributed by atoms with Crippen LogP contribution >= 0.6 is 11.6 Å². The van der Waals surface area contributed by atoms with Gasteiger partial charge in [-0.2, -0.15) is 0 Å². The van der Waals surface area contributed by atoms with Gasteiger partial charge in [0.2, 0.25) is 0 Å². The van der Waals surface area contributed by atoms with Crippen molar-refractivity contribution < 1.29 is 19.9 Å². The number of aliphatic hydroxyl groups excluding tert-OH is 1. The van der Waals surface area contributed by atoms with E-state index >= 15 is 0 Å². The molecular formula is C13H20BClO4. The van der Waals surface area contributed by atoms with E-state index in [1.54, 1.807) is 45.9 Å². The first-order valence-corrected chi connectivity index (χ1v) is 6.43. The Hall–Kier alpha value is -0.585. The monoisotopic (exact) mass is 286 g/mol. The second-order valence-corrected chi connectivity index (χ2v) is 6.03. The van der Waals surface area contributed by atoms with Crippen LogP contribution in [0.25, 0.3) is 0 Å². The molecule has 3 N–H and O–H groups in total. The molecule has 0 fully saturated rings. The SMILES string of the molecule is CC(C)(O)C(C)(C)OB(O)c1cc(Cl)cc(CO)c1. The lowest BCUT2D eigenvalue weighted by Gasteiger charge is -2.38. The number of benzene rings is 1. The Morgan fingerprint density at radius 3 is 2.26 bits per heavy atom. The zero-order chi connectivity index (χ0) is 14.8. The molecular weight excluding hydrogens is 266 g/mol. The maximum Gasteiger partial charge on any atom is 0.491 e. The standard InChI is InChI=1S/C13H20BClO4/c1-12(2,17)13(3,4)19-14(18)10-5-9(8-16)6-11(15)7-10/h5-7,16-18H,8H2,1-4H3. The first kappa shape index (κ1) is 16.5. The van der Waals surface area contributed by atoms with Gasteiger partial charge in [0.15, 0.2) is 0 Å². The second-order valence-electron chi connectivity index (χ2n) is 5.59. The smallest absolute Gasteiger partial charge is 0.423 e. The Bertz CT molecular complexity index is 443. The summed E-state index contributed by atoms with van der Waals surface area (Å²) in [6.45, 7) is 6.42. The minimum absolute atomic E-state index is 0.171. The van der Waals surface area contributed by atoms with Crippen LogP contribution in [0.1, 0.15) is 33.3 Å². The topological polar surface area (TPSA) is 69.9 Å². The Morgan fingerprint density at radius 1 is 1.21 bits per heavy atom. The first-order chi connectivity index (χ1) is 8.56. The van der Waals surface area contributed by atoms with Crippen LogP contribution in [-0.4, -0.2) is 33.6 Å². The van der Waals surface area contributed by atoms with Gasteiger partial charge in [0, 0.05) is 5.02 Å². The lowest BCUT2D eigenvalue weighted by Crippen LogP contribution is -2.53. The van der Waals surface area contributed by atoms with E-state index < -0.39 is 18.3 Å². The highest BCUT2D eigenvalue weighted by molar-refractivity contribution is 6.60. The maximum absolute atomic E-state index is 10.1. The molecule has 0 heterocycles. The van der Waals surface area contributed by atoms with Gasteiger partial charge in [-0.25, -0.2) is 0 Å². The third kappa shape index (κ3) is 4.19. The Balaban J connectivity index is 2.95. The van der Waals surface area contributed by atoms with Crippen molar-refractivity contribution in [1.82, 2.24) is 0 Å². The Labute approximate surface area is 119 Å². The van der Waals surface area contributed by atoms with Crippen LogP contribution < -0.4 is 5.46 Å². The normalized spacial score (nSPS) is 12.6. The summed E-state index contributed by atoms with van der Waals surface area (Å²) < 4.78 is 5.51. The van der Waals surface area contributed by atoms with Crippen LogP contribution in [0.4, 0.5) is 0 Å². The third-order valence-electron chi connectivity index (χ3n) is 3.33. The van der Waals surface area contributed by atoms with Crippen molar-refractivity contribution >= 4 is 24.2 Å². The second kappa shape index (κ2) is 5.81. The number of halogens is 1. The third-order valence-corrected chi connectivity index (χ3v) is 3.55. The minimum atomic E-state index is -1.23. The highest BCUT2D eigenvalue weighted by atomic mass is 35.5. The molecule has 0 atom stereocenters. The molecule has 0 aromatic heterocycles. The van der Waals surface area contributed by atoms with Crippen molar-refractivity contribution in [2.45, 2.75) is 45.5 Å². The fourth-order valence-corrected chi connectivity index (χ4v) is 1.67. The van der Waals surface area contributed by atoms with Gasteiger partial charge in [-0.3, -0.25) is 0 Å². The molecule has 0 aliphatic carbocycles. The van der Waals surface area contributed by atoms with Crippen LogP contribution in [0.15, 0.2) is 18.2 Å². The fourth-order valence-electron chi connectivity index (χ4n) is 1.40. The summed E-state index contributed by atoms with van der Waals surface area (Å²) in [6.07, 6.45) is 0. The van der Waals surface area contributed by atoms with E-state index in [2.05, 4.69) is 0 Å². The van der Waals surface area contributed by atoms with E-state index in [1.807, 2.05) is 0 Å². The summed E-state index contributed by atoms with van der Waals surface area (Å²) in [5.41, 5.74) is -1.04. The first-order valence-electron chi connectivity index (χ1n) is 6.05. The summed E-state index contributed by atoms with van der Waals surface area (Å²) in [6, 6.07) is 4.78. The molecule has 0 unspecified atom stereocenters. The molecule has 0 aliphatic rings. The molecule has 0 radical (unpaired) electrons. The molecule has 4 nitrogen and oxygen atoms in total. The van der Waals surface area contributed by atoms with Crippen molar-refractivity contribution in [1.29, 1.82) is 0 Å². The Morgan fingerprint density at radius 2 is 1.79 bits per heavy atom. The molecule has 0 bridgehead atoms. The van der Waals surface area contributed by atoms with E-state index in [0.717, 1.165) is 0 Å². The molecule has 1 rings (SSSR count). The van der Waals surface area contributed by atoms with Gasteiger partial charge >= 0.3 is 7.12 Å². The molecule has 0 saturated heterocycles. The molecule has 19 heavy (non-hydrogen) atoms. The molecule has 1 aromatic carbocycles. The molecule has 106 valence electrons. The van der Waals surface area contributed by atoms with Gasteiger partial charge in [-0.05, 0) is 50.9 Å². The zero-order valence-corrected chi connectivity index (χ0v) is 12.4. The molecule has 0 amide bonds. The average Bonchev–Trinajstić information content (AvgIpc) is 2.25. The van der Waals surface area contributed by atoms with Crippen molar-refractivity contribution in [2.24, 2.45) is 0 Å². The molecule has 0 spiro atoms. The highest BCUT2D eigenvalue weighted by Crippen LogP contribution is 2.25. The van der Waals surface area contributed by atoms with Crippen LogP contribution in [0, 0.1) is 0 Å². The molecule has 6 heteroatoms. The molecule has 0 aliphatic heterocycles. The summed E-state index contributed by atoms with van der Waals surface area (Å²) in [5, 5.41) is 29.6. The fraction of sp³-hybridized carbons (Fsp3) is 0.538. The van der Waals surface area contributed by atoms with E-state index in [9.17, 15) is 10.1 Å². The van der Waals surface area contributed by atoms with Crippen LogP contribution in [-0.2, 0) is 11.3 Å². The van der Waals surface area contributed by atoms with Gasteiger partial charge in [0.1, 0.15) is 0 Å². The quantitative estimate of drug-likeness (QED) is 0.709. The van der Waals surface area contributed by atoms with Crippen molar-refractivity contribution in [3.63, 3.8) is 0 Å². The van der Waals surface area contributed by atoms with Gasteiger partial charge in [-0.1, -0.05) is 17.7 Å². The number of rotatable bonds is 5. The van der Waals surface area contributed by atoms with E-state index in [-0.39, 0.29) is 6.61 Å². The van der Waals surface area contributed by atoms with Crippen LogP contribution in [0.2, 0.25) is 5.02 Å².